The molecule has 3 rings (SSSR count). The second-order valence-corrected chi connectivity index (χ2v) is 4.46. The molecule has 18 heavy (non-hydrogen) atoms. The van der Waals surface area contributed by atoms with E-state index in [0.29, 0.717) is 24.6 Å². The monoisotopic (exact) mass is 247 g/mol. The van der Waals surface area contributed by atoms with Crippen LogP contribution in [0.1, 0.15) is 34.3 Å². The Balaban J connectivity index is 1.70. The van der Waals surface area contributed by atoms with Gasteiger partial charge in [-0.15, -0.1) is 0 Å². The Morgan fingerprint density at radius 2 is 2.50 bits per heavy atom. The Bertz CT molecular complexity index is 548. The molecular weight excluding hydrogens is 234 g/mol. The van der Waals surface area contributed by atoms with Gasteiger partial charge in [-0.05, 0) is 19.4 Å². The van der Waals surface area contributed by atoms with E-state index in [4.69, 9.17) is 4.52 Å². The molecule has 0 bridgehead atoms. The number of aromatic nitrogens is 4. The zero-order valence-electron chi connectivity index (χ0n) is 9.96. The molecule has 1 aliphatic heterocycles. The van der Waals surface area contributed by atoms with Crippen molar-refractivity contribution in [3.63, 3.8) is 0 Å². The fourth-order valence-corrected chi connectivity index (χ4v) is 2.20. The number of aromatic amines is 1. The molecule has 0 aromatic carbocycles. The quantitative estimate of drug-likeness (QED) is 0.845. The van der Waals surface area contributed by atoms with Crippen LogP contribution in [0.25, 0.3) is 0 Å². The lowest BCUT2D eigenvalue weighted by molar-refractivity contribution is 0.0784. The molecule has 1 fully saturated rings. The van der Waals surface area contributed by atoms with E-state index in [1.54, 1.807) is 11.0 Å². The standard InChI is InChI=1S/C11H13N5O2/c1-7-4-9(14-13-7)11(17)16-3-2-8(5-16)10-12-6-18-15-10/h4,6,8H,2-3,5H2,1H3,(H,13,14)/t8-/m1/s1. The first-order valence-electron chi connectivity index (χ1n) is 5.81. The van der Waals surface area contributed by atoms with E-state index in [-0.39, 0.29) is 11.8 Å². The third-order valence-corrected chi connectivity index (χ3v) is 3.14. The van der Waals surface area contributed by atoms with Crippen LogP contribution in [0.4, 0.5) is 0 Å². The number of H-pyrrole nitrogens is 1. The van der Waals surface area contributed by atoms with E-state index in [0.717, 1.165) is 12.1 Å². The fourth-order valence-electron chi connectivity index (χ4n) is 2.20. The van der Waals surface area contributed by atoms with Crippen molar-refractivity contribution >= 4 is 5.91 Å². The molecule has 0 saturated carbocycles. The summed E-state index contributed by atoms with van der Waals surface area (Å²) in [6.07, 6.45) is 2.17. The molecule has 94 valence electrons. The van der Waals surface area contributed by atoms with Crippen molar-refractivity contribution in [1.82, 2.24) is 25.2 Å². The van der Waals surface area contributed by atoms with Crippen LogP contribution in [-0.2, 0) is 0 Å². The minimum absolute atomic E-state index is 0.0506. The number of nitrogens with zero attached hydrogens (tertiary/aromatic N) is 4. The molecule has 7 heteroatoms. The summed E-state index contributed by atoms with van der Waals surface area (Å²) < 4.78 is 4.73. The summed E-state index contributed by atoms with van der Waals surface area (Å²) in [5, 5.41) is 10.6. The Kier molecular flexibility index (Phi) is 2.58. The van der Waals surface area contributed by atoms with Crippen LogP contribution in [0.2, 0.25) is 0 Å². The first-order chi connectivity index (χ1) is 8.74. The number of nitrogens with one attached hydrogen (secondary N) is 1. The summed E-state index contributed by atoms with van der Waals surface area (Å²) in [6.45, 7) is 3.18. The minimum Gasteiger partial charge on any atom is -0.343 e. The molecule has 1 amide bonds. The van der Waals surface area contributed by atoms with Crippen molar-refractivity contribution in [2.24, 2.45) is 0 Å². The first kappa shape index (κ1) is 10.9. The van der Waals surface area contributed by atoms with Gasteiger partial charge in [0.15, 0.2) is 5.82 Å². The number of carbonyl (C=O) groups is 1. The van der Waals surface area contributed by atoms with E-state index in [9.17, 15) is 4.79 Å². The minimum atomic E-state index is -0.0506. The van der Waals surface area contributed by atoms with Gasteiger partial charge >= 0.3 is 0 Å². The molecule has 1 atom stereocenters. The van der Waals surface area contributed by atoms with E-state index in [1.165, 1.54) is 6.39 Å². The average Bonchev–Trinajstić information content (AvgIpc) is 3.09. The van der Waals surface area contributed by atoms with Gasteiger partial charge in [0.25, 0.3) is 5.91 Å². The maximum atomic E-state index is 12.2. The van der Waals surface area contributed by atoms with Crippen LogP contribution < -0.4 is 0 Å². The third kappa shape index (κ3) is 1.87. The highest BCUT2D eigenvalue weighted by atomic mass is 16.5. The third-order valence-electron chi connectivity index (χ3n) is 3.14. The molecular formula is C11H13N5O2. The van der Waals surface area contributed by atoms with Crippen LogP contribution in [0.5, 0.6) is 0 Å². The lowest BCUT2D eigenvalue weighted by Crippen LogP contribution is -2.28. The number of carbonyl (C=O) groups excluding carboxylic acids is 1. The molecule has 7 nitrogen and oxygen atoms in total. The number of rotatable bonds is 2. The van der Waals surface area contributed by atoms with E-state index >= 15 is 0 Å². The van der Waals surface area contributed by atoms with Gasteiger partial charge in [0, 0.05) is 24.7 Å². The Labute approximate surface area is 103 Å². The molecule has 3 heterocycles. The van der Waals surface area contributed by atoms with Crippen molar-refractivity contribution in [1.29, 1.82) is 0 Å². The average molecular weight is 247 g/mol. The van der Waals surface area contributed by atoms with Gasteiger partial charge in [-0.3, -0.25) is 9.89 Å². The van der Waals surface area contributed by atoms with Gasteiger partial charge in [-0.25, -0.2) is 0 Å². The van der Waals surface area contributed by atoms with Crippen LogP contribution >= 0.6 is 0 Å². The van der Waals surface area contributed by atoms with Crippen molar-refractivity contribution in [3.05, 3.63) is 29.7 Å². The van der Waals surface area contributed by atoms with Crippen molar-refractivity contribution < 1.29 is 9.32 Å². The Morgan fingerprint density at radius 3 is 3.17 bits per heavy atom. The van der Waals surface area contributed by atoms with Crippen LogP contribution in [0.15, 0.2) is 17.0 Å². The molecule has 0 radical (unpaired) electrons. The van der Waals surface area contributed by atoms with Crippen LogP contribution in [0.3, 0.4) is 0 Å². The number of likely N-dealkylation sites (tertiary alicyclic amines) is 1. The first-order valence-corrected chi connectivity index (χ1v) is 5.81. The van der Waals surface area contributed by atoms with Crippen molar-refractivity contribution in [2.45, 2.75) is 19.3 Å². The zero-order valence-corrected chi connectivity index (χ0v) is 9.96. The summed E-state index contributed by atoms with van der Waals surface area (Å²) >= 11 is 0. The van der Waals surface area contributed by atoms with Gasteiger partial charge < -0.3 is 9.42 Å². The summed E-state index contributed by atoms with van der Waals surface area (Å²) in [5.74, 6) is 0.779. The normalized spacial score (nSPS) is 19.4. The van der Waals surface area contributed by atoms with Crippen LogP contribution in [0, 0.1) is 6.92 Å². The molecule has 0 spiro atoms. The Hall–Kier alpha value is -2.18. The molecule has 2 aromatic rings. The maximum Gasteiger partial charge on any atom is 0.274 e. The van der Waals surface area contributed by atoms with E-state index < -0.39 is 0 Å². The molecule has 1 saturated heterocycles. The fraction of sp³-hybridized carbons (Fsp3) is 0.455. The van der Waals surface area contributed by atoms with Crippen molar-refractivity contribution in [3.8, 4) is 0 Å². The number of amides is 1. The topological polar surface area (TPSA) is 87.9 Å². The van der Waals surface area contributed by atoms with Gasteiger partial charge in [-0.2, -0.15) is 10.1 Å². The van der Waals surface area contributed by atoms with Gasteiger partial charge in [0.05, 0.1) is 0 Å². The predicted octanol–water partition coefficient (Wildman–Crippen LogP) is 0.731. The highest BCUT2D eigenvalue weighted by molar-refractivity contribution is 5.92. The summed E-state index contributed by atoms with van der Waals surface area (Å²) in [5.41, 5.74) is 1.34. The number of aryl methyl sites for hydroxylation is 1. The second-order valence-electron chi connectivity index (χ2n) is 4.46. The van der Waals surface area contributed by atoms with Gasteiger partial charge in [0.2, 0.25) is 6.39 Å². The van der Waals surface area contributed by atoms with Gasteiger partial charge in [-0.1, -0.05) is 5.16 Å². The highest BCUT2D eigenvalue weighted by Gasteiger charge is 2.31. The lowest BCUT2D eigenvalue weighted by Gasteiger charge is -2.13. The summed E-state index contributed by atoms with van der Waals surface area (Å²) in [4.78, 5) is 18.0. The van der Waals surface area contributed by atoms with E-state index in [1.807, 2.05) is 6.92 Å². The smallest absolute Gasteiger partial charge is 0.274 e. The molecule has 2 aromatic heterocycles. The summed E-state index contributed by atoms with van der Waals surface area (Å²) in [6, 6.07) is 1.75. The second kappa shape index (κ2) is 4.25. The number of hydrogen-bond donors (Lipinski definition) is 1. The summed E-state index contributed by atoms with van der Waals surface area (Å²) in [7, 11) is 0. The maximum absolute atomic E-state index is 12.2. The SMILES string of the molecule is Cc1cc(C(=O)N2CC[C@@H](c3ncon3)C2)n[nH]1. The number of hydrogen-bond acceptors (Lipinski definition) is 5. The predicted molar refractivity (Wildman–Crippen MR) is 60.9 cm³/mol. The van der Waals surface area contributed by atoms with E-state index in [2.05, 4.69) is 20.3 Å². The molecule has 0 unspecified atom stereocenters. The van der Waals surface area contributed by atoms with Crippen LogP contribution in [-0.4, -0.2) is 44.2 Å². The van der Waals surface area contributed by atoms with Gasteiger partial charge in [0.1, 0.15) is 5.69 Å². The molecule has 1 aliphatic rings. The lowest BCUT2D eigenvalue weighted by atomic mass is 10.1. The molecule has 1 N–H and O–H groups in total. The Morgan fingerprint density at radius 1 is 1.61 bits per heavy atom. The largest absolute Gasteiger partial charge is 0.343 e. The zero-order chi connectivity index (χ0) is 12.5. The molecule has 0 aliphatic carbocycles. The highest BCUT2D eigenvalue weighted by Crippen LogP contribution is 2.25. The van der Waals surface area contributed by atoms with Crippen molar-refractivity contribution in [2.75, 3.05) is 13.1 Å².